The van der Waals surface area contributed by atoms with E-state index in [2.05, 4.69) is 30.4 Å². The van der Waals surface area contributed by atoms with Crippen LogP contribution in [0.25, 0.3) is 0 Å². The van der Waals surface area contributed by atoms with Gasteiger partial charge in [0, 0.05) is 12.0 Å². The number of aryl methyl sites for hydroxylation is 1. The van der Waals surface area contributed by atoms with Gasteiger partial charge >= 0.3 is 0 Å². The number of benzene rings is 3. The molecule has 1 unspecified atom stereocenters. The summed E-state index contributed by atoms with van der Waals surface area (Å²) in [6.07, 6.45) is 0.414. The first-order chi connectivity index (χ1) is 15.5. The lowest BCUT2D eigenvalue weighted by Crippen LogP contribution is -2.28. The predicted octanol–water partition coefficient (Wildman–Crippen LogP) is 5.54. The molecule has 1 atom stereocenters. The number of hydrogen-bond donors (Lipinski definition) is 1. The summed E-state index contributed by atoms with van der Waals surface area (Å²) < 4.78 is 12.0. The van der Waals surface area contributed by atoms with Crippen LogP contribution >= 0.6 is 0 Å². The van der Waals surface area contributed by atoms with Gasteiger partial charge in [-0.05, 0) is 42.2 Å². The second kappa shape index (κ2) is 9.69. The third-order valence-electron chi connectivity index (χ3n) is 5.48. The zero-order valence-corrected chi connectivity index (χ0v) is 18.7. The topological polar surface area (TPSA) is 59.9 Å². The molecule has 1 heterocycles. The van der Waals surface area contributed by atoms with Crippen molar-refractivity contribution in [3.8, 4) is 11.5 Å². The Morgan fingerprint density at radius 3 is 2.62 bits per heavy atom. The van der Waals surface area contributed by atoms with Gasteiger partial charge in [0.05, 0.1) is 5.71 Å². The van der Waals surface area contributed by atoms with Gasteiger partial charge in [0.2, 0.25) is 0 Å². The SMILES string of the molecule is Cc1ccc(OCC(=O)N/N=C2/CC(c3ccccc3)Oc3ccccc32)c(C(C)C)c1. The molecule has 1 amide bonds. The lowest BCUT2D eigenvalue weighted by molar-refractivity contribution is -0.123. The van der Waals surface area contributed by atoms with Crippen molar-refractivity contribution >= 4 is 11.6 Å². The molecule has 1 aliphatic rings. The predicted molar refractivity (Wildman–Crippen MR) is 126 cm³/mol. The number of rotatable bonds is 6. The minimum absolute atomic E-state index is 0.0974. The Kier molecular flexibility index (Phi) is 6.55. The van der Waals surface area contributed by atoms with Gasteiger partial charge in [-0.25, -0.2) is 5.43 Å². The molecule has 0 saturated heterocycles. The molecule has 5 nitrogen and oxygen atoms in total. The van der Waals surface area contributed by atoms with E-state index in [-0.39, 0.29) is 18.6 Å². The number of nitrogens with one attached hydrogen (secondary N) is 1. The number of hydrogen-bond acceptors (Lipinski definition) is 4. The number of para-hydroxylation sites is 1. The van der Waals surface area contributed by atoms with Gasteiger partial charge in [0.1, 0.15) is 17.6 Å². The molecule has 4 rings (SSSR count). The zero-order chi connectivity index (χ0) is 22.5. The second-order valence-corrected chi connectivity index (χ2v) is 8.30. The van der Waals surface area contributed by atoms with E-state index in [9.17, 15) is 4.79 Å². The Morgan fingerprint density at radius 1 is 1.09 bits per heavy atom. The monoisotopic (exact) mass is 428 g/mol. The van der Waals surface area contributed by atoms with Gasteiger partial charge in [0.25, 0.3) is 5.91 Å². The molecule has 0 spiro atoms. The van der Waals surface area contributed by atoms with Crippen molar-refractivity contribution in [1.82, 2.24) is 5.43 Å². The molecule has 0 radical (unpaired) electrons. The van der Waals surface area contributed by atoms with Gasteiger partial charge in [-0.15, -0.1) is 0 Å². The number of hydrazone groups is 1. The van der Waals surface area contributed by atoms with E-state index in [1.54, 1.807) is 0 Å². The van der Waals surface area contributed by atoms with Crippen LogP contribution in [0.3, 0.4) is 0 Å². The molecule has 3 aromatic rings. The number of nitrogens with zero attached hydrogens (tertiary/aromatic N) is 1. The molecule has 0 saturated carbocycles. The Bertz CT molecular complexity index is 1120. The average Bonchev–Trinajstić information content (AvgIpc) is 2.82. The van der Waals surface area contributed by atoms with E-state index < -0.39 is 0 Å². The fourth-order valence-electron chi connectivity index (χ4n) is 3.80. The Labute approximate surface area is 189 Å². The lowest BCUT2D eigenvalue weighted by atomic mass is 9.96. The molecular formula is C27H28N2O3. The van der Waals surface area contributed by atoms with Crippen LogP contribution in [0.1, 0.15) is 54.5 Å². The number of carbonyl (C=O) groups excluding carboxylic acids is 1. The van der Waals surface area contributed by atoms with Crippen LogP contribution in [0.4, 0.5) is 0 Å². The highest BCUT2D eigenvalue weighted by molar-refractivity contribution is 6.04. The molecule has 5 heteroatoms. The first-order valence-electron chi connectivity index (χ1n) is 10.9. The summed E-state index contributed by atoms with van der Waals surface area (Å²) in [5, 5.41) is 4.44. The van der Waals surface area contributed by atoms with Crippen molar-refractivity contribution in [3.05, 3.63) is 95.1 Å². The Hall–Kier alpha value is -3.60. The summed E-state index contributed by atoms with van der Waals surface area (Å²) in [5.74, 6) is 1.50. The summed E-state index contributed by atoms with van der Waals surface area (Å²) in [7, 11) is 0. The number of fused-ring (bicyclic) bond motifs is 1. The van der Waals surface area contributed by atoms with E-state index in [4.69, 9.17) is 9.47 Å². The summed E-state index contributed by atoms with van der Waals surface area (Å²) in [4.78, 5) is 12.5. The minimum Gasteiger partial charge on any atom is -0.485 e. The van der Waals surface area contributed by atoms with Gasteiger partial charge in [0.15, 0.2) is 6.61 Å². The number of carbonyl (C=O) groups is 1. The molecule has 0 fully saturated rings. The second-order valence-electron chi connectivity index (χ2n) is 8.30. The van der Waals surface area contributed by atoms with Crippen molar-refractivity contribution in [2.75, 3.05) is 6.61 Å². The quantitative estimate of drug-likeness (QED) is 0.524. The standard InChI is InChI=1S/C27H28N2O3/c1-18(2)22-15-19(3)13-14-24(22)31-17-27(30)29-28-23-16-26(20-9-5-4-6-10-20)32-25-12-8-7-11-21(23)25/h4-15,18,26H,16-17H2,1-3H3,(H,29,30)/b28-23-. The van der Waals surface area contributed by atoms with E-state index in [0.717, 1.165) is 33.9 Å². The van der Waals surface area contributed by atoms with Crippen LogP contribution in [0, 0.1) is 6.92 Å². The summed E-state index contributed by atoms with van der Waals surface area (Å²) in [6, 6.07) is 23.8. The molecule has 0 aromatic heterocycles. The molecule has 3 aromatic carbocycles. The normalized spacial score (nSPS) is 16.4. The molecule has 1 N–H and O–H groups in total. The molecule has 0 bridgehead atoms. The van der Waals surface area contributed by atoms with Gasteiger partial charge < -0.3 is 9.47 Å². The maximum Gasteiger partial charge on any atom is 0.277 e. The third-order valence-corrected chi connectivity index (χ3v) is 5.48. The first-order valence-corrected chi connectivity index (χ1v) is 10.9. The van der Waals surface area contributed by atoms with E-state index in [1.165, 1.54) is 5.56 Å². The fraction of sp³-hybridized carbons (Fsp3) is 0.259. The summed E-state index contributed by atoms with van der Waals surface area (Å²) in [5.41, 5.74) is 7.67. The van der Waals surface area contributed by atoms with Crippen molar-refractivity contribution in [1.29, 1.82) is 0 Å². The maximum absolute atomic E-state index is 12.5. The first kappa shape index (κ1) is 21.6. The molecule has 1 aliphatic heterocycles. The maximum atomic E-state index is 12.5. The van der Waals surface area contributed by atoms with Crippen molar-refractivity contribution < 1.29 is 14.3 Å². The third kappa shape index (κ3) is 4.99. The van der Waals surface area contributed by atoms with Crippen LogP contribution in [0.15, 0.2) is 77.9 Å². The van der Waals surface area contributed by atoms with E-state index in [0.29, 0.717) is 12.3 Å². The summed E-state index contributed by atoms with van der Waals surface area (Å²) >= 11 is 0. The van der Waals surface area contributed by atoms with Crippen LogP contribution in [-0.4, -0.2) is 18.2 Å². The van der Waals surface area contributed by atoms with Crippen LogP contribution in [0.2, 0.25) is 0 Å². The highest BCUT2D eigenvalue weighted by Crippen LogP contribution is 2.35. The Balaban J connectivity index is 1.47. The largest absolute Gasteiger partial charge is 0.485 e. The smallest absolute Gasteiger partial charge is 0.277 e. The lowest BCUT2D eigenvalue weighted by Gasteiger charge is -2.27. The Morgan fingerprint density at radius 2 is 1.84 bits per heavy atom. The van der Waals surface area contributed by atoms with Gasteiger partial charge in [-0.2, -0.15) is 5.10 Å². The van der Waals surface area contributed by atoms with Crippen LogP contribution in [-0.2, 0) is 4.79 Å². The van der Waals surface area contributed by atoms with Crippen molar-refractivity contribution in [3.63, 3.8) is 0 Å². The van der Waals surface area contributed by atoms with Crippen LogP contribution < -0.4 is 14.9 Å². The van der Waals surface area contributed by atoms with Gasteiger partial charge in [-0.3, -0.25) is 4.79 Å². The molecular weight excluding hydrogens is 400 g/mol. The highest BCUT2D eigenvalue weighted by atomic mass is 16.5. The van der Waals surface area contributed by atoms with Crippen molar-refractivity contribution in [2.45, 2.75) is 39.2 Å². The fourth-order valence-corrected chi connectivity index (χ4v) is 3.80. The highest BCUT2D eigenvalue weighted by Gasteiger charge is 2.26. The zero-order valence-electron chi connectivity index (χ0n) is 18.7. The van der Waals surface area contributed by atoms with Crippen LogP contribution in [0.5, 0.6) is 11.5 Å². The van der Waals surface area contributed by atoms with E-state index >= 15 is 0 Å². The molecule has 32 heavy (non-hydrogen) atoms. The van der Waals surface area contributed by atoms with E-state index in [1.807, 2.05) is 73.7 Å². The van der Waals surface area contributed by atoms with Crippen molar-refractivity contribution in [2.24, 2.45) is 5.10 Å². The number of amides is 1. The molecule has 0 aliphatic carbocycles. The van der Waals surface area contributed by atoms with Gasteiger partial charge in [-0.1, -0.05) is 74.0 Å². The average molecular weight is 429 g/mol. The minimum atomic E-state index is -0.298. The summed E-state index contributed by atoms with van der Waals surface area (Å²) in [6.45, 7) is 6.17. The molecule has 164 valence electrons. The number of ether oxygens (including phenoxy) is 2.